The molecule has 0 amide bonds. The average molecular weight is 333 g/mol. The number of rotatable bonds is 4. The third kappa shape index (κ3) is 2.74. The first-order valence-corrected chi connectivity index (χ1v) is 6.65. The van der Waals surface area contributed by atoms with Crippen molar-refractivity contribution in [1.29, 1.82) is 5.26 Å². The summed E-state index contributed by atoms with van der Waals surface area (Å²) in [5, 5.41) is 26.4. The molecule has 1 aromatic carbocycles. The Kier molecular flexibility index (Phi) is 4.23. The molecule has 2 N–H and O–H groups in total. The summed E-state index contributed by atoms with van der Waals surface area (Å²) >= 11 is 3.30. The number of benzene rings is 1. The molecule has 20 heavy (non-hydrogen) atoms. The van der Waals surface area contributed by atoms with E-state index in [1.54, 1.807) is 42.1 Å². The topological polar surface area (TPSA) is 73.9 Å². The Balaban J connectivity index is 2.28. The van der Waals surface area contributed by atoms with Crippen molar-refractivity contribution in [2.24, 2.45) is 7.05 Å². The molecule has 1 unspecified atom stereocenters. The Labute approximate surface area is 125 Å². The highest BCUT2D eigenvalue weighted by Crippen LogP contribution is 2.26. The van der Waals surface area contributed by atoms with Gasteiger partial charge in [0.2, 0.25) is 0 Å². The number of nitriles is 1. The van der Waals surface area contributed by atoms with Crippen molar-refractivity contribution in [3.8, 4) is 6.07 Å². The molecule has 0 aliphatic heterocycles. The summed E-state index contributed by atoms with van der Waals surface area (Å²) in [4.78, 5) is 0. The summed E-state index contributed by atoms with van der Waals surface area (Å²) in [6.45, 7) is 3.68. The molecule has 0 saturated carbocycles. The van der Waals surface area contributed by atoms with Gasteiger partial charge in [0.25, 0.3) is 0 Å². The minimum Gasteiger partial charge on any atom is -0.368 e. The van der Waals surface area contributed by atoms with Crippen molar-refractivity contribution >= 4 is 27.7 Å². The van der Waals surface area contributed by atoms with E-state index in [0.717, 1.165) is 5.69 Å². The summed E-state index contributed by atoms with van der Waals surface area (Å²) in [6.07, 6.45) is 0.652. The fraction of sp³-hybridized carbons (Fsp3) is 0.143. The van der Waals surface area contributed by atoms with Crippen LogP contribution in [0.15, 0.2) is 35.3 Å². The smallest absolute Gasteiger partial charge is 0.169 e. The summed E-state index contributed by atoms with van der Waals surface area (Å²) in [7, 11) is 1.77. The quantitative estimate of drug-likeness (QED) is 0.844. The van der Waals surface area contributed by atoms with E-state index in [0.29, 0.717) is 21.4 Å². The summed E-state index contributed by atoms with van der Waals surface area (Å²) in [6, 6.07) is 9.10. The SMILES string of the molecule is C=Cc1cc(C(O)Nc2cccc(Br)c2C#N)nn1C. The molecule has 1 atom stereocenters. The van der Waals surface area contributed by atoms with Gasteiger partial charge in [-0.15, -0.1) is 0 Å². The van der Waals surface area contributed by atoms with E-state index in [-0.39, 0.29) is 0 Å². The van der Waals surface area contributed by atoms with Gasteiger partial charge in [-0.05, 0) is 40.2 Å². The van der Waals surface area contributed by atoms with Crippen molar-refractivity contribution in [3.05, 3.63) is 52.3 Å². The Morgan fingerprint density at radius 3 is 2.95 bits per heavy atom. The van der Waals surface area contributed by atoms with Crippen LogP contribution < -0.4 is 5.32 Å². The van der Waals surface area contributed by atoms with Gasteiger partial charge >= 0.3 is 0 Å². The van der Waals surface area contributed by atoms with Gasteiger partial charge in [0, 0.05) is 11.5 Å². The van der Waals surface area contributed by atoms with Gasteiger partial charge in [-0.2, -0.15) is 10.4 Å². The summed E-state index contributed by atoms with van der Waals surface area (Å²) < 4.78 is 2.30. The predicted octanol–water partition coefficient (Wildman–Crippen LogP) is 2.80. The van der Waals surface area contributed by atoms with E-state index in [2.05, 4.69) is 39.0 Å². The van der Waals surface area contributed by atoms with Gasteiger partial charge in [0.1, 0.15) is 11.8 Å². The Hall–Kier alpha value is -2.10. The van der Waals surface area contributed by atoms with E-state index < -0.39 is 6.23 Å². The van der Waals surface area contributed by atoms with Crippen molar-refractivity contribution in [3.63, 3.8) is 0 Å². The van der Waals surface area contributed by atoms with Gasteiger partial charge in [0.05, 0.1) is 16.9 Å². The van der Waals surface area contributed by atoms with Gasteiger partial charge < -0.3 is 10.4 Å². The van der Waals surface area contributed by atoms with Gasteiger partial charge in [-0.1, -0.05) is 12.6 Å². The molecule has 5 nitrogen and oxygen atoms in total. The van der Waals surface area contributed by atoms with Crippen LogP contribution in [0.3, 0.4) is 0 Å². The molecule has 0 radical (unpaired) electrons. The lowest BCUT2D eigenvalue weighted by atomic mass is 10.2. The van der Waals surface area contributed by atoms with Crippen LogP contribution in [-0.4, -0.2) is 14.9 Å². The fourth-order valence-corrected chi connectivity index (χ4v) is 2.26. The Morgan fingerprint density at radius 1 is 1.60 bits per heavy atom. The number of hydrogen-bond donors (Lipinski definition) is 2. The molecular formula is C14H13BrN4O. The summed E-state index contributed by atoms with van der Waals surface area (Å²) in [5.74, 6) is 0. The molecule has 6 heteroatoms. The second-order valence-corrected chi connectivity index (χ2v) is 5.00. The number of aromatic nitrogens is 2. The molecule has 0 bridgehead atoms. The average Bonchev–Trinajstić information content (AvgIpc) is 2.80. The van der Waals surface area contributed by atoms with E-state index in [1.807, 2.05) is 0 Å². The molecule has 0 aliphatic carbocycles. The van der Waals surface area contributed by atoms with E-state index in [9.17, 15) is 5.11 Å². The van der Waals surface area contributed by atoms with Crippen LogP contribution in [-0.2, 0) is 7.05 Å². The molecule has 0 spiro atoms. The highest BCUT2D eigenvalue weighted by atomic mass is 79.9. The van der Waals surface area contributed by atoms with Crippen molar-refractivity contribution in [1.82, 2.24) is 9.78 Å². The van der Waals surface area contributed by atoms with Crippen LogP contribution >= 0.6 is 15.9 Å². The van der Waals surface area contributed by atoms with Crippen LogP contribution in [0.25, 0.3) is 6.08 Å². The van der Waals surface area contributed by atoms with Gasteiger partial charge in [-0.25, -0.2) is 0 Å². The predicted molar refractivity (Wildman–Crippen MR) is 80.7 cm³/mol. The van der Waals surface area contributed by atoms with Crippen LogP contribution in [0.2, 0.25) is 0 Å². The number of anilines is 1. The summed E-state index contributed by atoms with van der Waals surface area (Å²) in [5.41, 5.74) is 2.24. The van der Waals surface area contributed by atoms with Gasteiger partial charge in [0.15, 0.2) is 6.23 Å². The standard InChI is InChI=1S/C14H13BrN4O/c1-3-9-7-13(18-19(9)2)14(20)17-12-6-4-5-11(15)10(12)8-16/h3-7,14,17,20H,1H2,2H3. The van der Waals surface area contributed by atoms with Crippen LogP contribution in [0.1, 0.15) is 23.2 Å². The molecule has 1 aromatic heterocycles. The number of hydrogen-bond acceptors (Lipinski definition) is 4. The largest absolute Gasteiger partial charge is 0.368 e. The fourth-order valence-electron chi connectivity index (χ4n) is 1.81. The Bertz CT molecular complexity index is 687. The van der Waals surface area contributed by atoms with Crippen molar-refractivity contribution < 1.29 is 5.11 Å². The molecule has 0 aliphatic rings. The number of aliphatic hydroxyl groups is 1. The third-order valence-corrected chi connectivity index (χ3v) is 3.50. The zero-order valence-corrected chi connectivity index (χ0v) is 12.4. The van der Waals surface area contributed by atoms with Gasteiger partial charge in [-0.3, -0.25) is 4.68 Å². The molecule has 0 fully saturated rings. The number of aliphatic hydroxyl groups excluding tert-OH is 1. The lowest BCUT2D eigenvalue weighted by Crippen LogP contribution is -2.11. The number of nitrogens with zero attached hydrogens (tertiary/aromatic N) is 3. The molecule has 2 rings (SSSR count). The van der Waals surface area contributed by atoms with Crippen LogP contribution in [0.4, 0.5) is 5.69 Å². The minimum atomic E-state index is -1.00. The Morgan fingerprint density at radius 2 is 2.35 bits per heavy atom. The van der Waals surface area contributed by atoms with Crippen LogP contribution in [0.5, 0.6) is 0 Å². The maximum absolute atomic E-state index is 10.2. The lowest BCUT2D eigenvalue weighted by Gasteiger charge is -2.13. The molecule has 102 valence electrons. The number of nitrogens with one attached hydrogen (secondary N) is 1. The van der Waals surface area contributed by atoms with E-state index in [1.165, 1.54) is 0 Å². The van der Waals surface area contributed by atoms with Crippen molar-refractivity contribution in [2.45, 2.75) is 6.23 Å². The zero-order chi connectivity index (χ0) is 14.7. The minimum absolute atomic E-state index is 0.437. The molecule has 1 heterocycles. The van der Waals surface area contributed by atoms with Crippen LogP contribution in [0, 0.1) is 11.3 Å². The highest BCUT2D eigenvalue weighted by Gasteiger charge is 2.15. The lowest BCUT2D eigenvalue weighted by molar-refractivity contribution is 0.202. The highest BCUT2D eigenvalue weighted by molar-refractivity contribution is 9.10. The zero-order valence-electron chi connectivity index (χ0n) is 10.8. The normalized spacial score (nSPS) is 11.7. The third-order valence-electron chi connectivity index (χ3n) is 2.84. The molecule has 2 aromatic rings. The molecular weight excluding hydrogens is 320 g/mol. The number of aryl methyl sites for hydroxylation is 1. The van der Waals surface area contributed by atoms with E-state index in [4.69, 9.17) is 5.26 Å². The first kappa shape index (κ1) is 14.3. The first-order valence-electron chi connectivity index (χ1n) is 5.86. The maximum Gasteiger partial charge on any atom is 0.169 e. The second-order valence-electron chi connectivity index (χ2n) is 4.14. The first-order chi connectivity index (χ1) is 9.56. The van der Waals surface area contributed by atoms with E-state index >= 15 is 0 Å². The number of halogens is 1. The molecule has 0 saturated heterocycles. The maximum atomic E-state index is 10.2. The van der Waals surface area contributed by atoms with Crippen molar-refractivity contribution in [2.75, 3.05) is 5.32 Å². The second kappa shape index (κ2) is 5.90. The monoisotopic (exact) mass is 332 g/mol.